The quantitative estimate of drug-likeness (QED) is 0.405. The Hall–Kier alpha value is -2.36. The highest BCUT2D eigenvalue weighted by atomic mass is 35.5. The van der Waals surface area contributed by atoms with Crippen molar-refractivity contribution in [1.82, 2.24) is 9.97 Å². The lowest BCUT2D eigenvalue weighted by Crippen LogP contribution is -2.12. The van der Waals surface area contributed by atoms with Gasteiger partial charge in [-0.15, -0.1) is 12.4 Å². The summed E-state index contributed by atoms with van der Waals surface area (Å²) >= 11 is 1.26. The van der Waals surface area contributed by atoms with E-state index in [1.807, 2.05) is 18.2 Å². The van der Waals surface area contributed by atoms with Gasteiger partial charge < -0.3 is 10.1 Å². The van der Waals surface area contributed by atoms with Gasteiger partial charge in [0.2, 0.25) is 0 Å². The molecule has 30 heavy (non-hydrogen) atoms. The average Bonchev–Trinajstić information content (AvgIpc) is 3.13. The van der Waals surface area contributed by atoms with Crippen LogP contribution in [0.2, 0.25) is 0 Å². The zero-order valence-electron chi connectivity index (χ0n) is 16.8. The van der Waals surface area contributed by atoms with Crippen LogP contribution in [0.4, 0.5) is 10.1 Å². The number of rotatable bonds is 10. The second-order valence-corrected chi connectivity index (χ2v) is 9.01. The first-order valence-electron chi connectivity index (χ1n) is 9.36. The number of hydrogen-bond acceptors (Lipinski definition) is 7. The highest BCUT2D eigenvalue weighted by Crippen LogP contribution is 2.36. The van der Waals surface area contributed by atoms with E-state index in [1.165, 1.54) is 30.6 Å². The van der Waals surface area contributed by atoms with Gasteiger partial charge in [-0.05, 0) is 42.8 Å². The fourth-order valence-corrected chi connectivity index (χ4v) is 4.80. The summed E-state index contributed by atoms with van der Waals surface area (Å²) in [6.07, 6.45) is 4.98. The van der Waals surface area contributed by atoms with Crippen LogP contribution in [0.5, 0.6) is 5.75 Å². The Balaban J connectivity index is 0.00000320. The van der Waals surface area contributed by atoms with Crippen LogP contribution in [0.3, 0.4) is 0 Å². The minimum absolute atomic E-state index is 0. The molecule has 0 unspecified atom stereocenters. The molecule has 3 aromatic rings. The molecule has 10 heteroatoms. The first-order valence-corrected chi connectivity index (χ1v) is 11.7. The van der Waals surface area contributed by atoms with Gasteiger partial charge in [0.1, 0.15) is 16.4 Å². The summed E-state index contributed by atoms with van der Waals surface area (Å²) in [5, 5.41) is 4.46. The van der Waals surface area contributed by atoms with Gasteiger partial charge in [0.15, 0.2) is 5.13 Å². The number of nitrogens with zero attached hydrogens (tertiary/aromatic N) is 2. The standard InChI is InChI=1S/C20H24N4O3S2.ClH/c1-3-4-6-14-22-19-18(17-8-5-7-13-21-17)23-20(28-19)24-29(25,26)16-11-9-15(27-2)10-12-16;/h5,7-13,22H,3-4,6,14H2,1-2H3,(H,23,24);1H. The first-order chi connectivity index (χ1) is 14.0. The molecule has 2 N–H and O–H groups in total. The van der Waals surface area contributed by atoms with E-state index in [9.17, 15) is 8.42 Å². The molecule has 0 fully saturated rings. The molecule has 0 saturated heterocycles. The van der Waals surface area contributed by atoms with E-state index < -0.39 is 10.0 Å². The molecule has 0 aliphatic carbocycles. The number of ether oxygens (including phenoxy) is 1. The lowest BCUT2D eigenvalue weighted by atomic mass is 10.2. The molecule has 0 saturated carbocycles. The number of anilines is 2. The van der Waals surface area contributed by atoms with Crippen LogP contribution in [-0.4, -0.2) is 32.0 Å². The third-order valence-corrected chi connectivity index (χ3v) is 6.60. The second-order valence-electron chi connectivity index (χ2n) is 6.33. The van der Waals surface area contributed by atoms with Crippen molar-refractivity contribution in [3.8, 4) is 17.1 Å². The zero-order chi connectivity index (χ0) is 20.7. The maximum absolute atomic E-state index is 12.7. The molecule has 0 amide bonds. The van der Waals surface area contributed by atoms with Gasteiger partial charge in [0.25, 0.3) is 10.0 Å². The first kappa shape index (κ1) is 23.9. The van der Waals surface area contributed by atoms with E-state index in [0.717, 1.165) is 30.8 Å². The minimum Gasteiger partial charge on any atom is -0.497 e. The zero-order valence-corrected chi connectivity index (χ0v) is 19.2. The van der Waals surface area contributed by atoms with Crippen LogP contribution in [0.15, 0.2) is 53.6 Å². The van der Waals surface area contributed by atoms with Gasteiger partial charge in [-0.25, -0.2) is 13.4 Å². The third-order valence-electron chi connectivity index (χ3n) is 4.19. The van der Waals surface area contributed by atoms with Crippen molar-refractivity contribution in [3.63, 3.8) is 0 Å². The summed E-state index contributed by atoms with van der Waals surface area (Å²) in [4.78, 5) is 9.00. The van der Waals surface area contributed by atoms with E-state index in [-0.39, 0.29) is 17.3 Å². The smallest absolute Gasteiger partial charge is 0.263 e. The Morgan fingerprint density at radius 3 is 2.50 bits per heavy atom. The molecule has 2 aromatic heterocycles. The summed E-state index contributed by atoms with van der Waals surface area (Å²) in [6.45, 7) is 2.94. The molecule has 0 aliphatic rings. The normalized spacial score (nSPS) is 10.9. The van der Waals surface area contributed by atoms with Crippen molar-refractivity contribution < 1.29 is 13.2 Å². The monoisotopic (exact) mass is 468 g/mol. The maximum Gasteiger partial charge on any atom is 0.263 e. The summed E-state index contributed by atoms with van der Waals surface area (Å²) in [7, 11) is -2.23. The maximum atomic E-state index is 12.7. The number of halogens is 1. The van der Waals surface area contributed by atoms with Crippen LogP contribution < -0.4 is 14.8 Å². The number of benzene rings is 1. The van der Waals surface area contributed by atoms with Gasteiger partial charge in [-0.2, -0.15) is 0 Å². The lowest BCUT2D eigenvalue weighted by Gasteiger charge is -2.06. The van der Waals surface area contributed by atoms with Gasteiger partial charge in [0.05, 0.1) is 17.7 Å². The third kappa shape index (κ3) is 6.07. The fraction of sp³-hybridized carbons (Fsp3) is 0.300. The highest BCUT2D eigenvalue weighted by Gasteiger charge is 2.20. The predicted molar refractivity (Wildman–Crippen MR) is 124 cm³/mol. The number of unbranched alkanes of at least 4 members (excludes halogenated alkanes) is 2. The Kier molecular flexibility index (Phi) is 8.88. The van der Waals surface area contributed by atoms with Crippen LogP contribution in [0, 0.1) is 0 Å². The topological polar surface area (TPSA) is 93.2 Å². The molecule has 3 rings (SSSR count). The van der Waals surface area contributed by atoms with Crippen molar-refractivity contribution in [1.29, 1.82) is 0 Å². The Bertz CT molecular complexity index is 1030. The van der Waals surface area contributed by atoms with E-state index >= 15 is 0 Å². The minimum atomic E-state index is -3.76. The number of thiazole rings is 1. The molecule has 0 spiro atoms. The fourth-order valence-electron chi connectivity index (χ4n) is 2.67. The number of pyridine rings is 1. The molecule has 0 bridgehead atoms. The Morgan fingerprint density at radius 2 is 1.87 bits per heavy atom. The molecule has 2 heterocycles. The highest BCUT2D eigenvalue weighted by molar-refractivity contribution is 7.93. The van der Waals surface area contributed by atoms with Crippen LogP contribution in [0.25, 0.3) is 11.4 Å². The molecular weight excluding hydrogens is 444 g/mol. The largest absolute Gasteiger partial charge is 0.497 e. The number of aromatic nitrogens is 2. The second kappa shape index (κ2) is 11.1. The van der Waals surface area contributed by atoms with Gasteiger partial charge in [-0.3, -0.25) is 9.71 Å². The average molecular weight is 469 g/mol. The number of sulfonamides is 1. The van der Waals surface area contributed by atoms with Gasteiger partial charge in [-0.1, -0.05) is 37.2 Å². The van der Waals surface area contributed by atoms with Crippen molar-refractivity contribution in [2.24, 2.45) is 0 Å². The van der Waals surface area contributed by atoms with Crippen molar-refractivity contribution in [2.45, 2.75) is 31.1 Å². The number of hydrogen-bond donors (Lipinski definition) is 2. The van der Waals surface area contributed by atoms with Crippen LogP contribution >= 0.6 is 23.7 Å². The van der Waals surface area contributed by atoms with Crippen LogP contribution in [-0.2, 0) is 10.0 Å². The van der Waals surface area contributed by atoms with Crippen LogP contribution in [0.1, 0.15) is 26.2 Å². The summed E-state index contributed by atoms with van der Waals surface area (Å²) in [5.41, 5.74) is 1.33. The van der Waals surface area contributed by atoms with Gasteiger partial charge in [0, 0.05) is 12.7 Å². The summed E-state index contributed by atoms with van der Waals surface area (Å²) in [6, 6.07) is 11.8. The summed E-state index contributed by atoms with van der Waals surface area (Å²) < 4.78 is 33.1. The molecule has 0 aliphatic heterocycles. The summed E-state index contributed by atoms with van der Waals surface area (Å²) in [5.74, 6) is 0.592. The Labute approximate surface area is 187 Å². The molecule has 1 aromatic carbocycles. The molecule has 0 atom stereocenters. The number of nitrogens with one attached hydrogen (secondary N) is 2. The molecule has 0 radical (unpaired) electrons. The lowest BCUT2D eigenvalue weighted by molar-refractivity contribution is 0.414. The van der Waals surface area contributed by atoms with E-state index in [4.69, 9.17) is 4.74 Å². The van der Waals surface area contributed by atoms with E-state index in [0.29, 0.717) is 22.3 Å². The van der Waals surface area contributed by atoms with E-state index in [1.54, 1.807) is 18.3 Å². The molecule has 162 valence electrons. The molecular formula is C20H25ClN4O3S2. The molecule has 7 nitrogen and oxygen atoms in total. The predicted octanol–water partition coefficient (Wildman–Crippen LogP) is 5.04. The number of methoxy groups -OCH3 is 1. The van der Waals surface area contributed by atoms with Crippen molar-refractivity contribution in [3.05, 3.63) is 48.7 Å². The van der Waals surface area contributed by atoms with Crippen molar-refractivity contribution in [2.75, 3.05) is 23.7 Å². The SMILES string of the molecule is CCCCCNc1sc(NS(=O)(=O)c2ccc(OC)cc2)nc1-c1ccccn1.Cl. The van der Waals surface area contributed by atoms with E-state index in [2.05, 4.69) is 26.9 Å². The van der Waals surface area contributed by atoms with Crippen molar-refractivity contribution >= 4 is 43.9 Å². The van der Waals surface area contributed by atoms with Gasteiger partial charge >= 0.3 is 0 Å². The Morgan fingerprint density at radius 1 is 1.10 bits per heavy atom.